The van der Waals surface area contributed by atoms with Gasteiger partial charge < -0.3 is 11.1 Å². The van der Waals surface area contributed by atoms with E-state index in [2.05, 4.69) is 17.3 Å². The quantitative estimate of drug-likeness (QED) is 0.855. The number of amides is 1. The van der Waals surface area contributed by atoms with E-state index in [1.165, 1.54) is 36.6 Å². The number of nitrogens with one attached hydrogen (secondary N) is 1. The third kappa shape index (κ3) is 2.66. The molecule has 3 N–H and O–H groups in total. The standard InChI is InChI=1S/C13H22N4O/c1-9-5-3-4-6-10(9)7-15-13(18)11-8-16-17(2)12(11)14/h8-10H,3-7,14H2,1-2H3,(H,15,18). The summed E-state index contributed by atoms with van der Waals surface area (Å²) in [5, 5.41) is 6.96. The molecule has 0 saturated heterocycles. The molecule has 18 heavy (non-hydrogen) atoms. The Labute approximate surface area is 108 Å². The molecule has 1 aromatic rings. The van der Waals surface area contributed by atoms with Crippen molar-refractivity contribution in [1.29, 1.82) is 0 Å². The lowest BCUT2D eigenvalue weighted by Crippen LogP contribution is -2.33. The molecule has 100 valence electrons. The van der Waals surface area contributed by atoms with E-state index >= 15 is 0 Å². The number of anilines is 1. The minimum absolute atomic E-state index is 0.113. The van der Waals surface area contributed by atoms with E-state index in [0.29, 0.717) is 23.2 Å². The van der Waals surface area contributed by atoms with Crippen molar-refractivity contribution in [3.05, 3.63) is 11.8 Å². The maximum atomic E-state index is 12.0. The van der Waals surface area contributed by atoms with Gasteiger partial charge in [0.2, 0.25) is 0 Å². The minimum Gasteiger partial charge on any atom is -0.383 e. The first-order valence-corrected chi connectivity index (χ1v) is 6.65. The zero-order valence-electron chi connectivity index (χ0n) is 11.1. The summed E-state index contributed by atoms with van der Waals surface area (Å²) < 4.78 is 1.51. The Morgan fingerprint density at radius 2 is 2.28 bits per heavy atom. The van der Waals surface area contributed by atoms with Crippen molar-refractivity contribution in [2.24, 2.45) is 18.9 Å². The van der Waals surface area contributed by atoms with Gasteiger partial charge in [-0.1, -0.05) is 26.2 Å². The van der Waals surface area contributed by atoms with Crippen molar-refractivity contribution in [3.63, 3.8) is 0 Å². The highest BCUT2D eigenvalue weighted by Gasteiger charge is 2.22. The number of aromatic nitrogens is 2. The van der Waals surface area contributed by atoms with Gasteiger partial charge in [0.15, 0.2) is 0 Å². The number of aryl methyl sites for hydroxylation is 1. The van der Waals surface area contributed by atoms with Gasteiger partial charge in [-0.2, -0.15) is 5.10 Å². The predicted octanol–water partition coefficient (Wildman–Crippen LogP) is 1.56. The molecular formula is C13H22N4O. The fourth-order valence-corrected chi connectivity index (χ4v) is 2.64. The molecule has 0 spiro atoms. The molecule has 5 heteroatoms. The summed E-state index contributed by atoms with van der Waals surface area (Å²) in [6.45, 7) is 3.02. The highest BCUT2D eigenvalue weighted by molar-refractivity contribution is 5.98. The van der Waals surface area contributed by atoms with Crippen LogP contribution in [0.1, 0.15) is 43.0 Å². The minimum atomic E-state index is -0.113. The van der Waals surface area contributed by atoms with Gasteiger partial charge in [0.1, 0.15) is 11.4 Å². The van der Waals surface area contributed by atoms with Gasteiger partial charge in [-0.25, -0.2) is 0 Å². The Bertz CT molecular complexity index is 427. The zero-order chi connectivity index (χ0) is 13.1. The summed E-state index contributed by atoms with van der Waals surface area (Å²) in [7, 11) is 1.73. The van der Waals surface area contributed by atoms with Crippen molar-refractivity contribution >= 4 is 11.7 Å². The largest absolute Gasteiger partial charge is 0.383 e. The maximum Gasteiger partial charge on any atom is 0.256 e. The van der Waals surface area contributed by atoms with Crippen molar-refractivity contribution < 1.29 is 4.79 Å². The number of hydrogen-bond donors (Lipinski definition) is 2. The second-order valence-corrected chi connectivity index (χ2v) is 5.30. The van der Waals surface area contributed by atoms with Crippen LogP contribution in [0.4, 0.5) is 5.82 Å². The van der Waals surface area contributed by atoms with Crippen LogP contribution in [0.2, 0.25) is 0 Å². The molecule has 5 nitrogen and oxygen atoms in total. The van der Waals surface area contributed by atoms with Crippen LogP contribution in [-0.4, -0.2) is 22.2 Å². The van der Waals surface area contributed by atoms with Crippen LogP contribution in [0, 0.1) is 11.8 Å². The summed E-state index contributed by atoms with van der Waals surface area (Å²) in [5.74, 6) is 1.61. The molecule has 1 aliphatic carbocycles. The Kier molecular flexibility index (Phi) is 3.89. The second-order valence-electron chi connectivity index (χ2n) is 5.30. The first-order valence-electron chi connectivity index (χ1n) is 6.65. The van der Waals surface area contributed by atoms with Gasteiger partial charge in [0.25, 0.3) is 5.91 Å². The van der Waals surface area contributed by atoms with Crippen molar-refractivity contribution in [2.75, 3.05) is 12.3 Å². The molecule has 2 atom stereocenters. The third-order valence-corrected chi connectivity index (χ3v) is 4.04. The lowest BCUT2D eigenvalue weighted by atomic mass is 9.80. The summed E-state index contributed by atoms with van der Waals surface area (Å²) in [5.41, 5.74) is 6.25. The van der Waals surface area contributed by atoms with E-state index in [1.54, 1.807) is 7.05 Å². The fourth-order valence-electron chi connectivity index (χ4n) is 2.64. The first-order chi connectivity index (χ1) is 8.59. The lowest BCUT2D eigenvalue weighted by molar-refractivity contribution is 0.0937. The third-order valence-electron chi connectivity index (χ3n) is 4.04. The van der Waals surface area contributed by atoms with Gasteiger partial charge in [0, 0.05) is 13.6 Å². The number of hydrogen-bond acceptors (Lipinski definition) is 3. The summed E-state index contributed by atoms with van der Waals surface area (Å²) >= 11 is 0. The van der Waals surface area contributed by atoms with Gasteiger partial charge in [-0.15, -0.1) is 0 Å². The van der Waals surface area contributed by atoms with E-state index in [4.69, 9.17) is 5.73 Å². The second kappa shape index (κ2) is 5.42. The number of carbonyl (C=O) groups excluding carboxylic acids is 1. The normalized spacial score (nSPS) is 23.9. The van der Waals surface area contributed by atoms with E-state index in [-0.39, 0.29) is 5.91 Å². The van der Waals surface area contributed by atoms with Crippen LogP contribution in [0.5, 0.6) is 0 Å². The molecule has 0 aromatic carbocycles. The van der Waals surface area contributed by atoms with Gasteiger partial charge >= 0.3 is 0 Å². The predicted molar refractivity (Wildman–Crippen MR) is 71.1 cm³/mol. The van der Waals surface area contributed by atoms with E-state index in [1.807, 2.05) is 0 Å². The maximum absolute atomic E-state index is 12.0. The number of rotatable bonds is 3. The molecule has 2 unspecified atom stereocenters. The molecule has 0 aliphatic heterocycles. The van der Waals surface area contributed by atoms with Crippen molar-refractivity contribution in [2.45, 2.75) is 32.6 Å². The van der Waals surface area contributed by atoms with E-state index < -0.39 is 0 Å². The van der Waals surface area contributed by atoms with E-state index in [0.717, 1.165) is 6.54 Å². The Morgan fingerprint density at radius 1 is 1.56 bits per heavy atom. The topological polar surface area (TPSA) is 72.9 Å². The van der Waals surface area contributed by atoms with Crippen LogP contribution >= 0.6 is 0 Å². The number of nitrogen functional groups attached to an aromatic ring is 1. The van der Waals surface area contributed by atoms with Crippen LogP contribution in [0.3, 0.4) is 0 Å². The van der Waals surface area contributed by atoms with Gasteiger partial charge in [0.05, 0.1) is 6.20 Å². The number of carbonyl (C=O) groups is 1. The zero-order valence-corrected chi connectivity index (χ0v) is 11.1. The molecule has 0 bridgehead atoms. The molecule has 1 amide bonds. The number of nitrogens with zero attached hydrogens (tertiary/aromatic N) is 2. The first kappa shape index (κ1) is 12.9. The molecule has 0 radical (unpaired) electrons. The molecule has 1 saturated carbocycles. The van der Waals surface area contributed by atoms with Crippen molar-refractivity contribution in [1.82, 2.24) is 15.1 Å². The molecule has 1 fully saturated rings. The average molecular weight is 250 g/mol. The monoisotopic (exact) mass is 250 g/mol. The summed E-state index contributed by atoms with van der Waals surface area (Å²) in [6, 6.07) is 0. The highest BCUT2D eigenvalue weighted by Crippen LogP contribution is 2.28. The average Bonchev–Trinajstić information content (AvgIpc) is 2.69. The smallest absolute Gasteiger partial charge is 0.256 e. The van der Waals surface area contributed by atoms with Crippen LogP contribution in [-0.2, 0) is 7.05 Å². The molecular weight excluding hydrogens is 228 g/mol. The van der Waals surface area contributed by atoms with Crippen molar-refractivity contribution in [3.8, 4) is 0 Å². The van der Waals surface area contributed by atoms with Gasteiger partial charge in [-0.3, -0.25) is 9.48 Å². The molecule has 1 aromatic heterocycles. The lowest BCUT2D eigenvalue weighted by Gasteiger charge is -2.28. The van der Waals surface area contributed by atoms with Crippen LogP contribution in [0.25, 0.3) is 0 Å². The Morgan fingerprint density at radius 3 is 2.89 bits per heavy atom. The molecule has 2 rings (SSSR count). The Balaban J connectivity index is 1.90. The van der Waals surface area contributed by atoms with Crippen LogP contribution in [0.15, 0.2) is 6.20 Å². The Hall–Kier alpha value is -1.52. The SMILES string of the molecule is CC1CCCCC1CNC(=O)c1cnn(C)c1N. The fraction of sp³-hybridized carbons (Fsp3) is 0.692. The number of nitrogens with two attached hydrogens (primary N) is 1. The van der Waals surface area contributed by atoms with E-state index in [9.17, 15) is 4.79 Å². The highest BCUT2D eigenvalue weighted by atomic mass is 16.1. The summed E-state index contributed by atoms with van der Waals surface area (Å²) in [6.07, 6.45) is 6.61. The molecule has 1 heterocycles. The molecule has 1 aliphatic rings. The summed E-state index contributed by atoms with van der Waals surface area (Å²) in [4.78, 5) is 12.0. The van der Waals surface area contributed by atoms with Crippen LogP contribution < -0.4 is 11.1 Å². The van der Waals surface area contributed by atoms with Gasteiger partial charge in [-0.05, 0) is 18.3 Å².